The van der Waals surface area contributed by atoms with Gasteiger partial charge >= 0.3 is 0 Å². The first-order valence-corrected chi connectivity index (χ1v) is 9.24. The second-order valence-corrected chi connectivity index (χ2v) is 7.05. The third-order valence-electron chi connectivity index (χ3n) is 4.65. The number of aromatic nitrogens is 3. The van der Waals surface area contributed by atoms with Crippen molar-refractivity contribution in [3.63, 3.8) is 0 Å². The highest BCUT2D eigenvalue weighted by Crippen LogP contribution is 2.30. The highest BCUT2D eigenvalue weighted by Gasteiger charge is 2.22. The number of rotatable bonds is 6. The molecule has 1 amide bonds. The van der Waals surface area contributed by atoms with Crippen LogP contribution < -0.4 is 10.1 Å². The Hall–Kier alpha value is -2.74. The van der Waals surface area contributed by atoms with Crippen molar-refractivity contribution in [3.8, 4) is 5.88 Å². The minimum atomic E-state index is -1.74. The van der Waals surface area contributed by atoms with Crippen molar-refractivity contribution in [1.29, 1.82) is 0 Å². The number of anilines is 1. The number of nitrogens with zero attached hydrogens (tertiary/aromatic N) is 3. The second-order valence-electron chi connectivity index (χ2n) is 7.05. The predicted molar refractivity (Wildman–Crippen MR) is 112 cm³/mol. The van der Waals surface area contributed by atoms with E-state index in [1.54, 1.807) is 42.6 Å². The van der Waals surface area contributed by atoms with E-state index in [4.69, 9.17) is 33.0 Å². The lowest BCUT2D eigenvalue weighted by atomic mass is 9.49. The van der Waals surface area contributed by atoms with E-state index in [0.29, 0.717) is 47.3 Å². The van der Waals surface area contributed by atoms with E-state index >= 15 is 0 Å². The largest absolute Gasteiger partial charge is 0.476 e. The summed E-state index contributed by atoms with van der Waals surface area (Å²) in [7, 11) is 17.6. The van der Waals surface area contributed by atoms with Crippen LogP contribution in [0.15, 0.2) is 42.6 Å². The topological polar surface area (TPSA) is 78.3 Å². The van der Waals surface area contributed by atoms with Gasteiger partial charge in [0.1, 0.15) is 5.69 Å². The molecule has 1 aliphatic heterocycles. The third-order valence-corrected chi connectivity index (χ3v) is 4.65. The van der Waals surface area contributed by atoms with E-state index in [2.05, 4.69) is 15.4 Å². The molecule has 1 atom stereocenters. The fourth-order valence-corrected chi connectivity index (χ4v) is 3.17. The number of carbonyl (C=O) groups excluding carboxylic acids is 1. The first-order valence-electron chi connectivity index (χ1n) is 9.24. The molecular formula is C19H17B3N4O3. The minimum Gasteiger partial charge on any atom is -0.476 e. The minimum absolute atomic E-state index is 0.301. The van der Waals surface area contributed by atoms with Crippen LogP contribution in [0.25, 0.3) is 10.9 Å². The standard InChI is InChI=1S/C19H17B3N4O3/c20-19(21,22)26-16-9-13(24-17(27)15-3-1-2-7-23-15)4-5-14(16)18(25-26)29-11-12-6-8-28-10-12/h1-5,7,9,12H,6,8,10-11H2,(H,24,27). The quantitative estimate of drug-likeness (QED) is 0.648. The lowest BCUT2D eigenvalue weighted by Crippen LogP contribution is -2.36. The number of benzene rings is 1. The van der Waals surface area contributed by atoms with Gasteiger partial charge < -0.3 is 14.8 Å². The summed E-state index contributed by atoms with van der Waals surface area (Å²) in [6, 6.07) is 10.3. The summed E-state index contributed by atoms with van der Waals surface area (Å²) in [5.74, 6) is 0.346. The number of nitrogens with one attached hydrogen (secondary N) is 1. The average Bonchev–Trinajstić information content (AvgIpc) is 3.34. The zero-order valence-corrected chi connectivity index (χ0v) is 15.7. The molecule has 2 aromatic heterocycles. The van der Waals surface area contributed by atoms with Crippen LogP contribution in [0.4, 0.5) is 5.69 Å². The molecule has 4 rings (SSSR count). The summed E-state index contributed by atoms with van der Waals surface area (Å²) in [5, 5.41) is 6.10. The van der Waals surface area contributed by atoms with Gasteiger partial charge in [0, 0.05) is 24.4 Å². The number of pyridine rings is 1. The Labute approximate surface area is 172 Å². The number of ether oxygens (including phenoxy) is 2. The fraction of sp³-hybridized carbons (Fsp3) is 0.316. The molecule has 10 heteroatoms. The molecule has 0 saturated carbocycles. The van der Waals surface area contributed by atoms with E-state index < -0.39 is 5.24 Å². The van der Waals surface area contributed by atoms with Gasteiger partial charge in [0.05, 0.1) is 47.7 Å². The van der Waals surface area contributed by atoms with Crippen molar-refractivity contribution in [3.05, 3.63) is 48.3 Å². The van der Waals surface area contributed by atoms with Crippen LogP contribution >= 0.6 is 0 Å². The predicted octanol–water partition coefficient (Wildman–Crippen LogP) is 1.17. The maximum Gasteiger partial charge on any atom is 0.274 e. The number of carbonyl (C=O) groups is 1. The van der Waals surface area contributed by atoms with Crippen LogP contribution in [0.3, 0.4) is 0 Å². The molecule has 0 bridgehead atoms. The van der Waals surface area contributed by atoms with Crippen molar-refractivity contribution in [2.24, 2.45) is 5.92 Å². The molecule has 1 aromatic carbocycles. The smallest absolute Gasteiger partial charge is 0.274 e. The van der Waals surface area contributed by atoms with Gasteiger partial charge in [0.2, 0.25) is 5.88 Å². The average molecular weight is 382 g/mol. The summed E-state index contributed by atoms with van der Waals surface area (Å²) in [6.07, 6.45) is 2.49. The van der Waals surface area contributed by atoms with E-state index in [0.717, 1.165) is 13.0 Å². The van der Waals surface area contributed by atoms with Crippen LogP contribution in [0.2, 0.25) is 0 Å². The molecule has 7 nitrogen and oxygen atoms in total. The highest BCUT2D eigenvalue weighted by molar-refractivity contribution is 6.56. The Morgan fingerprint density at radius 3 is 2.86 bits per heavy atom. The molecular weight excluding hydrogens is 365 g/mol. The Kier molecular flexibility index (Phi) is 5.36. The maximum atomic E-state index is 12.4. The number of hydrogen-bond acceptors (Lipinski definition) is 5. The molecule has 1 aliphatic rings. The first kappa shape index (κ1) is 19.6. The first-order chi connectivity index (χ1) is 13.9. The van der Waals surface area contributed by atoms with Crippen LogP contribution in [-0.2, 0) is 9.97 Å². The molecule has 1 saturated heterocycles. The third kappa shape index (κ3) is 4.32. The SMILES string of the molecule is [B]C([B])([B])n1nc(OCC2CCOC2)c2ccc(NC(=O)c3ccccn3)cc21. The molecule has 29 heavy (non-hydrogen) atoms. The van der Waals surface area contributed by atoms with Gasteiger partial charge in [-0.25, -0.2) is 0 Å². The van der Waals surface area contributed by atoms with Crippen molar-refractivity contribution in [2.45, 2.75) is 11.7 Å². The Balaban J connectivity index is 1.62. The van der Waals surface area contributed by atoms with Gasteiger partial charge in [-0.3, -0.25) is 14.5 Å². The van der Waals surface area contributed by atoms with Crippen LogP contribution in [-0.4, -0.2) is 64.0 Å². The molecule has 6 radical (unpaired) electrons. The summed E-state index contributed by atoms with van der Waals surface area (Å²) in [4.78, 5) is 16.4. The van der Waals surface area contributed by atoms with Crippen molar-refractivity contribution >= 4 is 46.0 Å². The molecule has 140 valence electrons. The van der Waals surface area contributed by atoms with E-state index in [1.807, 2.05) is 0 Å². The van der Waals surface area contributed by atoms with E-state index in [1.165, 1.54) is 4.68 Å². The molecule has 0 spiro atoms. The van der Waals surface area contributed by atoms with Crippen molar-refractivity contribution in [1.82, 2.24) is 14.8 Å². The molecule has 1 unspecified atom stereocenters. The molecule has 3 aromatic rings. The Morgan fingerprint density at radius 2 is 2.17 bits per heavy atom. The second kappa shape index (κ2) is 7.95. The number of fused-ring (bicyclic) bond motifs is 1. The zero-order chi connectivity index (χ0) is 20.4. The van der Waals surface area contributed by atoms with Gasteiger partial charge in [0.25, 0.3) is 5.91 Å². The molecule has 1 fully saturated rings. The van der Waals surface area contributed by atoms with Crippen LogP contribution in [0.1, 0.15) is 16.9 Å². The van der Waals surface area contributed by atoms with Crippen LogP contribution in [0.5, 0.6) is 5.88 Å². The van der Waals surface area contributed by atoms with E-state index in [9.17, 15) is 4.79 Å². The molecule has 1 N–H and O–H groups in total. The lowest BCUT2D eigenvalue weighted by Gasteiger charge is -2.22. The highest BCUT2D eigenvalue weighted by atomic mass is 16.5. The van der Waals surface area contributed by atoms with Crippen molar-refractivity contribution in [2.75, 3.05) is 25.1 Å². The summed E-state index contributed by atoms with van der Waals surface area (Å²) in [5.41, 5.74) is 1.36. The Bertz CT molecular complexity index is 1010. The summed E-state index contributed by atoms with van der Waals surface area (Å²) in [6.45, 7) is 1.87. The molecule has 3 heterocycles. The fourth-order valence-electron chi connectivity index (χ4n) is 3.17. The number of hydrogen-bond donors (Lipinski definition) is 1. The number of amides is 1. The van der Waals surface area contributed by atoms with Gasteiger partial charge in [-0.2, -0.15) is 0 Å². The van der Waals surface area contributed by atoms with Gasteiger partial charge in [-0.15, -0.1) is 5.10 Å². The van der Waals surface area contributed by atoms with Gasteiger partial charge in [-0.1, -0.05) is 6.07 Å². The van der Waals surface area contributed by atoms with Gasteiger partial charge in [-0.05, 0) is 42.0 Å². The van der Waals surface area contributed by atoms with Crippen LogP contribution in [0, 0.1) is 5.92 Å². The summed E-state index contributed by atoms with van der Waals surface area (Å²) >= 11 is 0. The molecule has 0 aliphatic carbocycles. The van der Waals surface area contributed by atoms with E-state index in [-0.39, 0.29) is 5.91 Å². The monoisotopic (exact) mass is 382 g/mol. The lowest BCUT2D eigenvalue weighted by molar-refractivity contribution is 0.102. The normalized spacial score (nSPS) is 16.8. The Morgan fingerprint density at radius 1 is 1.31 bits per heavy atom. The van der Waals surface area contributed by atoms with Crippen molar-refractivity contribution < 1.29 is 14.3 Å². The maximum absolute atomic E-state index is 12.4. The van der Waals surface area contributed by atoms with Gasteiger partial charge in [0.15, 0.2) is 0 Å². The summed E-state index contributed by atoms with van der Waals surface area (Å²) < 4.78 is 12.5. The zero-order valence-electron chi connectivity index (χ0n) is 15.7.